The van der Waals surface area contributed by atoms with Crippen molar-refractivity contribution in [1.29, 1.82) is 0 Å². The Morgan fingerprint density at radius 1 is 0.630 bits per heavy atom. The van der Waals surface area contributed by atoms with Crippen LogP contribution >= 0.6 is 0 Å². The molecule has 0 saturated carbocycles. The van der Waals surface area contributed by atoms with Gasteiger partial charge in [-0.25, -0.2) is 0 Å². The van der Waals surface area contributed by atoms with Crippen LogP contribution in [0.5, 0.6) is 0 Å². The maximum atomic E-state index is 10.8. The lowest BCUT2D eigenvalue weighted by Crippen LogP contribution is -2.22. The van der Waals surface area contributed by atoms with Crippen LogP contribution in [0.2, 0.25) is 0 Å². The highest BCUT2D eigenvalue weighted by atomic mass is 16.3. The van der Waals surface area contributed by atoms with Gasteiger partial charge in [0.2, 0.25) is 0 Å². The van der Waals surface area contributed by atoms with Crippen molar-refractivity contribution in [3.8, 4) is 11.1 Å². The Bertz CT molecular complexity index is 893. The van der Waals surface area contributed by atoms with E-state index in [1.54, 1.807) is 27.7 Å². The van der Waals surface area contributed by atoms with Crippen molar-refractivity contribution in [2.24, 2.45) is 0 Å². The molecule has 0 aliphatic heterocycles. The molecule has 0 bridgehead atoms. The number of aryl methyl sites for hydroxylation is 1. The third kappa shape index (κ3) is 4.23. The summed E-state index contributed by atoms with van der Waals surface area (Å²) in [6, 6.07) is 18.3. The number of hydrogen-bond acceptors (Lipinski definition) is 2. The standard InChI is InChI=1S/C23H26O2.C2H6/c1-15-13-14-18(17-10-7-6-9-16(15)17)21-19(22(2,3)24)11-8-12-20(21)23(4,5)25;1-2/h6-14,24-25H,1-5H3;1-2H3. The average Bonchev–Trinajstić information content (AvgIpc) is 2.62. The van der Waals surface area contributed by atoms with Crippen molar-refractivity contribution in [2.75, 3.05) is 0 Å². The number of rotatable bonds is 3. The molecule has 3 rings (SSSR count). The Hall–Kier alpha value is -2.16. The highest BCUT2D eigenvalue weighted by Gasteiger charge is 2.28. The van der Waals surface area contributed by atoms with Gasteiger partial charge in [0.05, 0.1) is 11.2 Å². The largest absolute Gasteiger partial charge is 0.386 e. The molecule has 27 heavy (non-hydrogen) atoms. The van der Waals surface area contributed by atoms with Crippen LogP contribution in [-0.2, 0) is 11.2 Å². The molecule has 0 aromatic heterocycles. The molecule has 0 radical (unpaired) electrons. The monoisotopic (exact) mass is 364 g/mol. The molecule has 0 saturated heterocycles. The molecular formula is C25H32O2. The molecular weight excluding hydrogens is 332 g/mol. The Kier molecular flexibility index (Phi) is 6.14. The SMILES string of the molecule is CC.Cc1ccc(-c2c(C(C)(C)O)cccc2C(C)(C)O)c2ccccc12. The second-order valence-electron chi connectivity index (χ2n) is 7.82. The van der Waals surface area contributed by atoms with Crippen LogP contribution in [0, 0.1) is 6.92 Å². The van der Waals surface area contributed by atoms with E-state index in [0.717, 1.165) is 27.6 Å². The van der Waals surface area contributed by atoms with Crippen LogP contribution in [0.3, 0.4) is 0 Å². The fourth-order valence-corrected chi connectivity index (χ4v) is 3.53. The van der Waals surface area contributed by atoms with Crippen molar-refractivity contribution in [3.05, 3.63) is 71.3 Å². The molecule has 2 N–H and O–H groups in total. The van der Waals surface area contributed by atoms with Crippen LogP contribution in [-0.4, -0.2) is 10.2 Å². The molecule has 144 valence electrons. The lowest BCUT2D eigenvalue weighted by atomic mass is 9.80. The molecule has 0 aliphatic rings. The normalized spacial score (nSPS) is 11.9. The van der Waals surface area contributed by atoms with Crippen LogP contribution in [0.15, 0.2) is 54.6 Å². The van der Waals surface area contributed by atoms with Gasteiger partial charge in [-0.15, -0.1) is 0 Å². The third-order valence-electron chi connectivity index (χ3n) is 4.79. The Labute approximate surface area is 163 Å². The smallest absolute Gasteiger partial charge is 0.0846 e. The van der Waals surface area contributed by atoms with Crippen molar-refractivity contribution in [1.82, 2.24) is 0 Å². The van der Waals surface area contributed by atoms with Gasteiger partial charge in [0.1, 0.15) is 0 Å². The first-order chi connectivity index (χ1) is 12.6. The Balaban J connectivity index is 0.00000126. The van der Waals surface area contributed by atoms with Gasteiger partial charge in [0, 0.05) is 0 Å². The van der Waals surface area contributed by atoms with Crippen molar-refractivity contribution in [2.45, 2.75) is 59.7 Å². The van der Waals surface area contributed by atoms with Gasteiger partial charge in [0.15, 0.2) is 0 Å². The van der Waals surface area contributed by atoms with E-state index in [2.05, 4.69) is 31.2 Å². The summed E-state index contributed by atoms with van der Waals surface area (Å²) in [7, 11) is 0. The van der Waals surface area contributed by atoms with E-state index in [1.165, 1.54) is 10.9 Å². The quantitative estimate of drug-likeness (QED) is 0.573. The van der Waals surface area contributed by atoms with Gasteiger partial charge in [0.25, 0.3) is 0 Å². The molecule has 3 aromatic rings. The minimum Gasteiger partial charge on any atom is -0.386 e. The summed E-state index contributed by atoms with van der Waals surface area (Å²) < 4.78 is 0. The van der Waals surface area contributed by atoms with Crippen LogP contribution in [0.1, 0.15) is 58.2 Å². The molecule has 0 amide bonds. The van der Waals surface area contributed by atoms with E-state index in [1.807, 2.05) is 44.2 Å². The molecule has 0 aliphatic carbocycles. The molecule has 0 heterocycles. The second-order valence-corrected chi connectivity index (χ2v) is 7.82. The first-order valence-electron chi connectivity index (χ1n) is 9.68. The first-order valence-corrected chi connectivity index (χ1v) is 9.68. The molecule has 0 atom stereocenters. The van der Waals surface area contributed by atoms with Crippen LogP contribution < -0.4 is 0 Å². The Morgan fingerprint density at radius 2 is 1.11 bits per heavy atom. The van der Waals surface area contributed by atoms with Crippen molar-refractivity contribution in [3.63, 3.8) is 0 Å². The third-order valence-corrected chi connectivity index (χ3v) is 4.79. The predicted molar refractivity (Wildman–Crippen MR) is 116 cm³/mol. The summed E-state index contributed by atoms with van der Waals surface area (Å²) in [6.07, 6.45) is 0. The van der Waals surface area contributed by atoms with E-state index in [0.29, 0.717) is 0 Å². The molecule has 0 spiro atoms. The average molecular weight is 365 g/mol. The fourth-order valence-electron chi connectivity index (χ4n) is 3.53. The minimum atomic E-state index is -1.01. The zero-order valence-corrected chi connectivity index (χ0v) is 17.6. The highest BCUT2D eigenvalue weighted by Crippen LogP contribution is 2.42. The zero-order valence-electron chi connectivity index (χ0n) is 17.6. The van der Waals surface area contributed by atoms with Crippen molar-refractivity contribution >= 4 is 10.8 Å². The fraction of sp³-hybridized carbons (Fsp3) is 0.360. The molecule has 2 nitrogen and oxygen atoms in total. The molecule has 3 aromatic carbocycles. The molecule has 0 fully saturated rings. The number of fused-ring (bicyclic) bond motifs is 1. The number of benzene rings is 3. The summed E-state index contributed by atoms with van der Waals surface area (Å²) in [5.41, 5.74) is 2.78. The maximum absolute atomic E-state index is 10.8. The summed E-state index contributed by atoms with van der Waals surface area (Å²) in [5, 5.41) is 23.8. The van der Waals surface area contributed by atoms with Crippen LogP contribution in [0.4, 0.5) is 0 Å². The van der Waals surface area contributed by atoms with Gasteiger partial charge in [-0.3, -0.25) is 0 Å². The number of hydrogen-bond donors (Lipinski definition) is 2. The summed E-state index contributed by atoms with van der Waals surface area (Å²) in [5.74, 6) is 0. The van der Waals surface area contributed by atoms with E-state index < -0.39 is 11.2 Å². The maximum Gasteiger partial charge on any atom is 0.0846 e. The van der Waals surface area contributed by atoms with E-state index in [9.17, 15) is 10.2 Å². The van der Waals surface area contributed by atoms with Gasteiger partial charge >= 0.3 is 0 Å². The van der Waals surface area contributed by atoms with E-state index in [-0.39, 0.29) is 0 Å². The highest BCUT2D eigenvalue weighted by molar-refractivity contribution is 6.00. The number of aliphatic hydroxyl groups is 2. The lowest BCUT2D eigenvalue weighted by Gasteiger charge is -2.29. The van der Waals surface area contributed by atoms with Gasteiger partial charge < -0.3 is 10.2 Å². The van der Waals surface area contributed by atoms with Gasteiger partial charge in [-0.05, 0) is 73.2 Å². The van der Waals surface area contributed by atoms with E-state index in [4.69, 9.17) is 0 Å². The van der Waals surface area contributed by atoms with Gasteiger partial charge in [-0.2, -0.15) is 0 Å². The summed E-state index contributed by atoms with van der Waals surface area (Å²) in [6.45, 7) is 13.3. The Morgan fingerprint density at radius 3 is 1.59 bits per heavy atom. The van der Waals surface area contributed by atoms with E-state index >= 15 is 0 Å². The topological polar surface area (TPSA) is 40.5 Å². The second kappa shape index (κ2) is 7.84. The van der Waals surface area contributed by atoms with Gasteiger partial charge in [-0.1, -0.05) is 68.4 Å². The van der Waals surface area contributed by atoms with Crippen molar-refractivity contribution < 1.29 is 10.2 Å². The minimum absolute atomic E-state index is 0.820. The first kappa shape index (κ1) is 21.1. The summed E-state index contributed by atoms with van der Waals surface area (Å²) >= 11 is 0. The van der Waals surface area contributed by atoms with Crippen LogP contribution in [0.25, 0.3) is 21.9 Å². The summed E-state index contributed by atoms with van der Waals surface area (Å²) in [4.78, 5) is 0. The zero-order chi connectivity index (χ0) is 20.4. The predicted octanol–water partition coefficient (Wildman–Crippen LogP) is 6.30. The molecule has 0 unspecified atom stereocenters. The molecule has 2 heteroatoms. The lowest BCUT2D eigenvalue weighted by molar-refractivity contribution is 0.0730.